The molecule has 0 amide bonds. The highest BCUT2D eigenvalue weighted by atomic mass is 32.2. The molecule has 0 saturated heterocycles. The van der Waals surface area contributed by atoms with E-state index in [1.165, 1.54) is 18.2 Å². The van der Waals surface area contributed by atoms with Crippen LogP contribution in [-0.4, -0.2) is 19.9 Å². The van der Waals surface area contributed by atoms with Gasteiger partial charge in [-0.2, -0.15) is 0 Å². The number of nitrogens with two attached hydrogens (primary N) is 1. The molecule has 0 bridgehead atoms. The zero-order valence-corrected chi connectivity index (χ0v) is 13.1. The number of anilines is 1. The first-order valence-corrected chi connectivity index (χ1v) is 9.14. The first-order valence-electron chi connectivity index (χ1n) is 6.78. The second kappa shape index (κ2) is 5.40. The number of aromatic nitrogens is 1. The molecular formula is C14H17N3O2S2. The van der Waals surface area contributed by atoms with E-state index in [1.54, 1.807) is 0 Å². The van der Waals surface area contributed by atoms with E-state index in [4.69, 9.17) is 5.14 Å². The van der Waals surface area contributed by atoms with Crippen LogP contribution in [0.4, 0.5) is 5.13 Å². The molecule has 7 heteroatoms. The van der Waals surface area contributed by atoms with Gasteiger partial charge in [-0.25, -0.2) is 18.5 Å². The molecule has 1 aliphatic rings. The Labute approximate surface area is 128 Å². The summed E-state index contributed by atoms with van der Waals surface area (Å²) in [6, 6.07) is 10.4. The average Bonchev–Trinajstić information content (AvgIpc) is 2.88. The molecule has 3 N–H and O–H groups in total. The number of nitrogens with one attached hydrogen (secondary N) is 1. The highest BCUT2D eigenvalue weighted by Crippen LogP contribution is 2.43. The summed E-state index contributed by atoms with van der Waals surface area (Å²) in [4.78, 5) is 4.09. The summed E-state index contributed by atoms with van der Waals surface area (Å²) in [6.07, 6.45) is 4.80. The van der Waals surface area contributed by atoms with Crippen molar-refractivity contribution in [1.82, 2.24) is 4.98 Å². The highest BCUT2D eigenvalue weighted by Gasteiger charge is 2.38. The van der Waals surface area contributed by atoms with Crippen LogP contribution in [0.25, 0.3) is 0 Å². The number of hydrogen-bond acceptors (Lipinski definition) is 5. The van der Waals surface area contributed by atoms with Gasteiger partial charge in [0.2, 0.25) is 10.0 Å². The summed E-state index contributed by atoms with van der Waals surface area (Å²) < 4.78 is 22.6. The maximum atomic E-state index is 11.3. The van der Waals surface area contributed by atoms with Crippen molar-refractivity contribution in [3.8, 4) is 0 Å². The van der Waals surface area contributed by atoms with Crippen molar-refractivity contribution < 1.29 is 8.42 Å². The van der Waals surface area contributed by atoms with E-state index in [2.05, 4.69) is 34.6 Å². The predicted octanol–water partition coefficient (Wildman–Crippen LogP) is 2.32. The van der Waals surface area contributed by atoms with Gasteiger partial charge in [0.15, 0.2) is 9.34 Å². The third kappa shape index (κ3) is 2.95. The van der Waals surface area contributed by atoms with E-state index in [0.29, 0.717) is 5.13 Å². The van der Waals surface area contributed by atoms with Crippen LogP contribution in [0, 0.1) is 0 Å². The number of nitrogens with zero attached hydrogens (tertiary/aromatic N) is 1. The minimum Gasteiger partial charge on any atom is -0.361 e. The molecule has 0 radical (unpaired) electrons. The highest BCUT2D eigenvalue weighted by molar-refractivity contribution is 7.91. The van der Waals surface area contributed by atoms with Crippen molar-refractivity contribution in [2.75, 3.05) is 11.9 Å². The number of sulfonamides is 1. The summed E-state index contributed by atoms with van der Waals surface area (Å²) in [5, 5.41) is 8.96. The molecule has 112 valence electrons. The molecule has 3 rings (SSSR count). The first-order chi connectivity index (χ1) is 10.00. The van der Waals surface area contributed by atoms with Gasteiger partial charge in [-0.1, -0.05) is 48.1 Å². The number of rotatable bonds is 5. The van der Waals surface area contributed by atoms with Crippen LogP contribution in [-0.2, 0) is 15.4 Å². The van der Waals surface area contributed by atoms with E-state index in [1.807, 2.05) is 6.07 Å². The maximum Gasteiger partial charge on any atom is 0.249 e. The molecule has 0 unspecified atom stereocenters. The fourth-order valence-electron chi connectivity index (χ4n) is 2.68. The van der Waals surface area contributed by atoms with Gasteiger partial charge in [-0.15, -0.1) is 0 Å². The van der Waals surface area contributed by atoms with Crippen molar-refractivity contribution >= 4 is 26.5 Å². The molecule has 1 aromatic carbocycles. The number of thiazole rings is 1. The molecule has 1 fully saturated rings. The predicted molar refractivity (Wildman–Crippen MR) is 83.9 cm³/mol. The second-order valence-electron chi connectivity index (χ2n) is 5.38. The SMILES string of the molecule is NS(=O)(=O)c1cnc(NCC2(c3ccccc3)CCC2)s1. The Morgan fingerprint density at radius 3 is 2.52 bits per heavy atom. The Morgan fingerprint density at radius 1 is 1.29 bits per heavy atom. The smallest absolute Gasteiger partial charge is 0.249 e. The van der Waals surface area contributed by atoms with E-state index < -0.39 is 10.0 Å². The third-order valence-electron chi connectivity index (χ3n) is 4.04. The molecule has 1 saturated carbocycles. The molecule has 0 spiro atoms. The number of benzene rings is 1. The van der Waals surface area contributed by atoms with E-state index in [9.17, 15) is 8.42 Å². The van der Waals surface area contributed by atoms with Crippen LogP contribution in [0.2, 0.25) is 0 Å². The minimum atomic E-state index is -3.66. The molecule has 1 heterocycles. The second-order valence-corrected chi connectivity index (χ2v) is 8.20. The van der Waals surface area contributed by atoms with Gasteiger partial charge in [0, 0.05) is 12.0 Å². The number of primary sulfonamides is 1. The van der Waals surface area contributed by atoms with Crippen LogP contribution in [0.5, 0.6) is 0 Å². The molecule has 0 aliphatic heterocycles. The summed E-state index contributed by atoms with van der Waals surface area (Å²) in [7, 11) is -3.66. The Bertz CT molecular complexity index is 722. The van der Waals surface area contributed by atoms with Crippen LogP contribution >= 0.6 is 11.3 Å². The summed E-state index contributed by atoms with van der Waals surface area (Å²) in [5.41, 5.74) is 1.46. The molecule has 0 atom stereocenters. The largest absolute Gasteiger partial charge is 0.361 e. The minimum absolute atomic E-state index is 0.0902. The van der Waals surface area contributed by atoms with Crippen LogP contribution < -0.4 is 10.5 Å². The maximum absolute atomic E-state index is 11.3. The summed E-state index contributed by atoms with van der Waals surface area (Å²) >= 11 is 1.08. The van der Waals surface area contributed by atoms with Crippen molar-refractivity contribution in [1.29, 1.82) is 0 Å². The Kier molecular flexibility index (Phi) is 3.73. The van der Waals surface area contributed by atoms with Crippen molar-refractivity contribution in [3.63, 3.8) is 0 Å². The van der Waals surface area contributed by atoms with Crippen LogP contribution in [0.15, 0.2) is 40.7 Å². The fourth-order valence-corrected chi connectivity index (χ4v) is 4.13. The quantitative estimate of drug-likeness (QED) is 0.884. The lowest BCUT2D eigenvalue weighted by Gasteiger charge is -2.42. The van der Waals surface area contributed by atoms with Gasteiger partial charge in [0.05, 0.1) is 6.20 Å². The third-order valence-corrected chi connectivity index (χ3v) is 6.40. The van der Waals surface area contributed by atoms with Crippen molar-refractivity contribution in [3.05, 3.63) is 42.1 Å². The zero-order valence-electron chi connectivity index (χ0n) is 11.5. The lowest BCUT2D eigenvalue weighted by atomic mass is 9.64. The Balaban J connectivity index is 1.73. The molecule has 2 aromatic rings. The van der Waals surface area contributed by atoms with Gasteiger partial charge < -0.3 is 5.32 Å². The topological polar surface area (TPSA) is 85.1 Å². The fraction of sp³-hybridized carbons (Fsp3) is 0.357. The summed E-state index contributed by atoms with van der Waals surface area (Å²) in [5.74, 6) is 0. The van der Waals surface area contributed by atoms with Crippen molar-refractivity contribution in [2.24, 2.45) is 5.14 Å². The van der Waals surface area contributed by atoms with Gasteiger partial charge in [0.25, 0.3) is 0 Å². The lowest BCUT2D eigenvalue weighted by Crippen LogP contribution is -2.40. The Morgan fingerprint density at radius 2 is 2.00 bits per heavy atom. The van der Waals surface area contributed by atoms with Crippen LogP contribution in [0.3, 0.4) is 0 Å². The molecule has 5 nitrogen and oxygen atoms in total. The van der Waals surface area contributed by atoms with E-state index in [-0.39, 0.29) is 9.62 Å². The molecule has 21 heavy (non-hydrogen) atoms. The molecular weight excluding hydrogens is 306 g/mol. The number of hydrogen-bond donors (Lipinski definition) is 2. The first kappa shape index (κ1) is 14.5. The molecule has 1 aromatic heterocycles. The van der Waals surface area contributed by atoms with E-state index in [0.717, 1.165) is 30.7 Å². The van der Waals surface area contributed by atoms with Gasteiger partial charge >= 0.3 is 0 Å². The van der Waals surface area contributed by atoms with Gasteiger partial charge in [-0.05, 0) is 18.4 Å². The molecule has 1 aliphatic carbocycles. The zero-order chi connectivity index (χ0) is 14.9. The van der Waals surface area contributed by atoms with Crippen LogP contribution in [0.1, 0.15) is 24.8 Å². The summed E-state index contributed by atoms with van der Waals surface area (Å²) in [6.45, 7) is 0.759. The standard InChI is InChI=1S/C14H17N3O2S2/c15-21(18,19)12-9-16-13(20-12)17-10-14(7-4-8-14)11-5-2-1-3-6-11/h1-3,5-6,9H,4,7-8,10H2,(H,16,17)(H2,15,18,19). The van der Waals surface area contributed by atoms with Crippen molar-refractivity contribution in [2.45, 2.75) is 28.9 Å². The van der Waals surface area contributed by atoms with Gasteiger partial charge in [-0.3, -0.25) is 0 Å². The van der Waals surface area contributed by atoms with E-state index >= 15 is 0 Å². The monoisotopic (exact) mass is 323 g/mol. The average molecular weight is 323 g/mol. The lowest BCUT2D eigenvalue weighted by molar-refractivity contribution is 0.260. The normalized spacial score (nSPS) is 17.2. The van der Waals surface area contributed by atoms with Gasteiger partial charge in [0.1, 0.15) is 0 Å². The Hall–Kier alpha value is -1.44.